The second kappa shape index (κ2) is 15.8. The highest BCUT2D eigenvalue weighted by molar-refractivity contribution is 7.87. The number of benzene rings is 1. The first-order chi connectivity index (χ1) is 15.2. The maximum atomic E-state index is 12.3. The summed E-state index contributed by atoms with van der Waals surface area (Å²) in [7, 11) is -3.97. The number of carbonyl (C=O) groups excluding carboxylic acids is 1. The molecular weight excluding hydrogens is 430 g/mol. The topological polar surface area (TPSA) is 104 Å². The highest BCUT2D eigenvalue weighted by Crippen LogP contribution is 2.21. The third kappa shape index (κ3) is 12.8. The molecule has 182 valence electrons. The smallest absolute Gasteiger partial charge is 0.309 e. The highest BCUT2D eigenvalue weighted by Gasteiger charge is 2.24. The number of nitro benzene ring substituents is 1. The minimum atomic E-state index is -3.97. The standard InChI is InChI=1S/C24H39NO6S/c1-3-4-5-6-7-8-9-10-11-12-13-14-15-22(21(2)26)20-32(29,30)31-24-18-16-23(17-19-24)25(27)28/h16-19,22H,3-15,20H2,1-2H3. The normalized spacial score (nSPS) is 12.4. The van der Waals surface area contributed by atoms with Crippen LogP contribution in [0.3, 0.4) is 0 Å². The Kier molecular flexibility index (Phi) is 13.8. The lowest BCUT2D eigenvalue weighted by molar-refractivity contribution is -0.384. The van der Waals surface area contributed by atoms with Gasteiger partial charge in [-0.15, -0.1) is 0 Å². The van der Waals surface area contributed by atoms with Crippen molar-refractivity contribution >= 4 is 21.6 Å². The molecule has 1 unspecified atom stereocenters. The van der Waals surface area contributed by atoms with Gasteiger partial charge in [-0.05, 0) is 25.5 Å². The second-order valence-corrected chi connectivity index (χ2v) is 10.2. The lowest BCUT2D eigenvalue weighted by atomic mass is 9.98. The lowest BCUT2D eigenvalue weighted by Crippen LogP contribution is -2.25. The van der Waals surface area contributed by atoms with Gasteiger partial charge in [-0.2, -0.15) is 8.42 Å². The van der Waals surface area contributed by atoms with Crippen LogP contribution in [0, 0.1) is 16.0 Å². The van der Waals surface area contributed by atoms with Crippen molar-refractivity contribution in [2.45, 2.75) is 97.3 Å². The van der Waals surface area contributed by atoms with E-state index < -0.39 is 21.0 Å². The van der Waals surface area contributed by atoms with Crippen LogP contribution in [0.5, 0.6) is 5.75 Å². The van der Waals surface area contributed by atoms with E-state index in [-0.39, 0.29) is 23.0 Å². The van der Waals surface area contributed by atoms with Crippen molar-refractivity contribution in [1.82, 2.24) is 0 Å². The molecule has 1 rings (SSSR count). The van der Waals surface area contributed by atoms with Gasteiger partial charge in [0.1, 0.15) is 11.5 Å². The summed E-state index contributed by atoms with van der Waals surface area (Å²) < 4.78 is 29.7. The average Bonchev–Trinajstić information content (AvgIpc) is 2.73. The number of Topliss-reactive ketones (excluding diaryl/α,β-unsaturated/α-hetero) is 1. The first-order valence-electron chi connectivity index (χ1n) is 11.9. The van der Waals surface area contributed by atoms with Crippen molar-refractivity contribution in [3.63, 3.8) is 0 Å². The van der Waals surface area contributed by atoms with E-state index in [1.165, 1.54) is 89.0 Å². The molecule has 0 radical (unpaired) electrons. The molecule has 8 heteroatoms. The van der Waals surface area contributed by atoms with Gasteiger partial charge in [0.25, 0.3) is 5.69 Å². The van der Waals surface area contributed by atoms with E-state index in [2.05, 4.69) is 6.92 Å². The molecule has 7 nitrogen and oxygen atoms in total. The minimum absolute atomic E-state index is 0.00302. The molecule has 0 amide bonds. The van der Waals surface area contributed by atoms with Gasteiger partial charge in [0, 0.05) is 18.1 Å². The zero-order valence-electron chi connectivity index (χ0n) is 19.6. The van der Waals surface area contributed by atoms with Crippen molar-refractivity contribution < 1.29 is 22.3 Å². The van der Waals surface area contributed by atoms with Crippen LogP contribution in [-0.4, -0.2) is 24.9 Å². The predicted octanol–water partition coefficient (Wildman–Crippen LogP) is 6.60. The van der Waals surface area contributed by atoms with Gasteiger partial charge in [-0.1, -0.05) is 84.0 Å². The Morgan fingerprint density at radius 1 is 0.906 bits per heavy atom. The van der Waals surface area contributed by atoms with E-state index in [0.29, 0.717) is 6.42 Å². The number of nitro groups is 1. The summed E-state index contributed by atoms with van der Waals surface area (Å²) in [6.45, 7) is 3.64. The molecule has 0 N–H and O–H groups in total. The Bertz CT molecular complexity index is 776. The van der Waals surface area contributed by atoms with Crippen LogP contribution in [0.1, 0.15) is 97.3 Å². The largest absolute Gasteiger partial charge is 0.382 e. The van der Waals surface area contributed by atoms with Crippen LogP contribution >= 0.6 is 0 Å². The van der Waals surface area contributed by atoms with E-state index in [4.69, 9.17) is 4.18 Å². The van der Waals surface area contributed by atoms with Gasteiger partial charge in [-0.25, -0.2) is 0 Å². The fourth-order valence-electron chi connectivity index (χ4n) is 3.69. The Morgan fingerprint density at radius 2 is 1.38 bits per heavy atom. The van der Waals surface area contributed by atoms with Crippen molar-refractivity contribution in [3.05, 3.63) is 34.4 Å². The molecule has 0 heterocycles. The van der Waals surface area contributed by atoms with Gasteiger partial charge in [0.2, 0.25) is 0 Å². The van der Waals surface area contributed by atoms with Crippen molar-refractivity contribution in [3.8, 4) is 5.75 Å². The molecule has 32 heavy (non-hydrogen) atoms. The summed E-state index contributed by atoms with van der Waals surface area (Å²) in [5.41, 5.74) is -0.150. The number of hydrogen-bond donors (Lipinski definition) is 0. The number of unbranched alkanes of at least 4 members (excludes halogenated alkanes) is 11. The molecule has 0 saturated carbocycles. The zero-order valence-corrected chi connectivity index (χ0v) is 20.4. The monoisotopic (exact) mass is 469 g/mol. The Balaban J connectivity index is 2.27. The quantitative estimate of drug-likeness (QED) is 0.0978. The average molecular weight is 470 g/mol. The van der Waals surface area contributed by atoms with E-state index >= 15 is 0 Å². The molecule has 1 atom stereocenters. The van der Waals surface area contributed by atoms with Gasteiger partial charge in [-0.3, -0.25) is 14.9 Å². The van der Waals surface area contributed by atoms with Gasteiger partial charge >= 0.3 is 10.1 Å². The molecule has 0 aliphatic carbocycles. The van der Waals surface area contributed by atoms with E-state index in [1.54, 1.807) is 0 Å². The first-order valence-corrected chi connectivity index (χ1v) is 13.5. The van der Waals surface area contributed by atoms with Crippen LogP contribution in [0.2, 0.25) is 0 Å². The molecule has 0 fully saturated rings. The molecule has 1 aromatic carbocycles. The molecule has 0 aliphatic heterocycles. The fraction of sp³-hybridized carbons (Fsp3) is 0.708. The molecular formula is C24H39NO6S. The molecule has 0 bridgehead atoms. The molecule has 0 spiro atoms. The summed E-state index contributed by atoms with van der Waals surface area (Å²) in [6.07, 6.45) is 15.1. The van der Waals surface area contributed by atoms with Crippen molar-refractivity contribution in [1.29, 1.82) is 0 Å². The van der Waals surface area contributed by atoms with E-state index in [1.807, 2.05) is 0 Å². The van der Waals surface area contributed by atoms with Crippen LogP contribution in [0.25, 0.3) is 0 Å². The Morgan fingerprint density at radius 3 is 1.81 bits per heavy atom. The van der Waals surface area contributed by atoms with Crippen molar-refractivity contribution in [2.75, 3.05) is 5.75 Å². The third-order valence-corrected chi connectivity index (χ3v) is 6.91. The van der Waals surface area contributed by atoms with Gasteiger partial charge in [0.05, 0.1) is 10.7 Å². The van der Waals surface area contributed by atoms with Crippen LogP contribution in [0.4, 0.5) is 5.69 Å². The molecule has 0 aliphatic rings. The summed E-state index contributed by atoms with van der Waals surface area (Å²) >= 11 is 0. The van der Waals surface area contributed by atoms with E-state index in [0.717, 1.165) is 19.3 Å². The molecule has 1 aromatic rings. The highest BCUT2D eigenvalue weighted by atomic mass is 32.2. The number of ketones is 1. The minimum Gasteiger partial charge on any atom is -0.382 e. The van der Waals surface area contributed by atoms with Gasteiger partial charge < -0.3 is 4.18 Å². The maximum absolute atomic E-state index is 12.3. The number of hydrogen-bond acceptors (Lipinski definition) is 6. The summed E-state index contributed by atoms with van der Waals surface area (Å²) in [5, 5.41) is 10.7. The Hall–Kier alpha value is -1.96. The second-order valence-electron chi connectivity index (χ2n) is 8.54. The first kappa shape index (κ1) is 28.1. The Labute approximate surface area is 193 Å². The van der Waals surface area contributed by atoms with E-state index in [9.17, 15) is 23.3 Å². The zero-order chi connectivity index (χ0) is 23.8. The molecule has 0 saturated heterocycles. The molecule has 0 aromatic heterocycles. The number of rotatable bonds is 19. The third-order valence-electron chi connectivity index (χ3n) is 5.66. The van der Waals surface area contributed by atoms with Crippen LogP contribution in [-0.2, 0) is 14.9 Å². The van der Waals surface area contributed by atoms with Crippen LogP contribution in [0.15, 0.2) is 24.3 Å². The summed E-state index contributed by atoms with van der Waals surface area (Å²) in [5.74, 6) is -1.13. The number of carbonyl (C=O) groups is 1. The lowest BCUT2D eigenvalue weighted by Gasteiger charge is -2.14. The maximum Gasteiger partial charge on any atom is 0.309 e. The predicted molar refractivity (Wildman–Crippen MR) is 127 cm³/mol. The van der Waals surface area contributed by atoms with Gasteiger partial charge in [0.15, 0.2) is 0 Å². The van der Waals surface area contributed by atoms with Crippen molar-refractivity contribution in [2.24, 2.45) is 5.92 Å². The SMILES string of the molecule is CCCCCCCCCCCCCCC(CS(=O)(=O)Oc1ccc([N+](=O)[O-])cc1)C(C)=O. The van der Waals surface area contributed by atoms with Crippen LogP contribution < -0.4 is 4.18 Å². The summed E-state index contributed by atoms with van der Waals surface area (Å²) in [6, 6.07) is 4.84. The summed E-state index contributed by atoms with van der Waals surface area (Å²) in [4.78, 5) is 22.0. The fourth-order valence-corrected chi connectivity index (χ4v) is 5.05. The number of nitrogens with zero attached hydrogens (tertiary/aromatic N) is 1. The number of non-ortho nitro benzene ring substituents is 1.